The molecule has 31 heavy (non-hydrogen) atoms. The van der Waals surface area contributed by atoms with E-state index in [9.17, 15) is 18.0 Å². The molecule has 0 aliphatic heterocycles. The summed E-state index contributed by atoms with van der Waals surface area (Å²) in [7, 11) is -1.63. The van der Waals surface area contributed by atoms with Crippen molar-refractivity contribution in [2.45, 2.75) is 4.34 Å². The molecule has 0 radical (unpaired) electrons. The minimum absolute atomic E-state index is 0.00681. The number of amides is 1. The van der Waals surface area contributed by atoms with E-state index in [1.54, 1.807) is 12.1 Å². The molecule has 10 nitrogen and oxygen atoms in total. The SMILES string of the molecule is COC(=O)c1ccc(OC)c(NS(=O)(=O)c2nnc(NC(=O)c3ccc(Cl)cc3)s2)c1. The molecule has 0 spiro atoms. The normalized spacial score (nSPS) is 10.9. The van der Waals surface area contributed by atoms with Gasteiger partial charge in [0.2, 0.25) is 5.13 Å². The van der Waals surface area contributed by atoms with Crippen LogP contribution in [0.3, 0.4) is 0 Å². The largest absolute Gasteiger partial charge is 0.495 e. The van der Waals surface area contributed by atoms with Crippen LogP contribution in [0.25, 0.3) is 0 Å². The number of halogens is 1. The van der Waals surface area contributed by atoms with E-state index in [1.807, 2.05) is 0 Å². The van der Waals surface area contributed by atoms with Crippen molar-refractivity contribution in [3.63, 3.8) is 0 Å². The van der Waals surface area contributed by atoms with Gasteiger partial charge >= 0.3 is 5.97 Å². The minimum Gasteiger partial charge on any atom is -0.495 e. The Morgan fingerprint density at radius 2 is 1.71 bits per heavy atom. The molecule has 0 fully saturated rings. The molecule has 1 aromatic heterocycles. The summed E-state index contributed by atoms with van der Waals surface area (Å²) in [5, 5.41) is 10.2. The van der Waals surface area contributed by atoms with Crippen molar-refractivity contribution in [1.29, 1.82) is 0 Å². The molecule has 162 valence electrons. The number of nitrogens with one attached hydrogen (secondary N) is 2. The van der Waals surface area contributed by atoms with Crippen LogP contribution in [0.4, 0.5) is 10.8 Å². The standard InChI is InChI=1S/C18H15ClN4O6S2/c1-28-14-8-5-11(16(25)29-2)9-13(14)23-31(26,27)18-22-21-17(30-18)20-15(24)10-3-6-12(19)7-4-10/h3-9,23H,1-2H3,(H,20,21,24). The number of carbonyl (C=O) groups excluding carboxylic acids is 2. The predicted octanol–water partition coefficient (Wildman–Crippen LogP) is 3.04. The third-order valence-corrected chi connectivity index (χ3v) is 6.65. The van der Waals surface area contributed by atoms with Crippen molar-refractivity contribution in [3.05, 3.63) is 58.6 Å². The Bertz CT molecular complexity index is 1230. The first kappa shape index (κ1) is 22.5. The van der Waals surface area contributed by atoms with Gasteiger partial charge in [-0.2, -0.15) is 8.42 Å². The monoisotopic (exact) mass is 482 g/mol. The van der Waals surface area contributed by atoms with Crippen LogP contribution < -0.4 is 14.8 Å². The van der Waals surface area contributed by atoms with Crippen LogP contribution in [-0.4, -0.2) is 44.7 Å². The van der Waals surface area contributed by atoms with Crippen molar-refractivity contribution in [2.24, 2.45) is 0 Å². The van der Waals surface area contributed by atoms with Gasteiger partial charge in [0.25, 0.3) is 20.3 Å². The fraction of sp³-hybridized carbons (Fsp3) is 0.111. The molecule has 0 saturated carbocycles. The van der Waals surface area contributed by atoms with E-state index in [0.29, 0.717) is 21.9 Å². The Morgan fingerprint density at radius 3 is 2.35 bits per heavy atom. The number of hydrogen-bond acceptors (Lipinski definition) is 9. The van der Waals surface area contributed by atoms with Gasteiger partial charge in [-0.25, -0.2) is 4.79 Å². The van der Waals surface area contributed by atoms with Crippen molar-refractivity contribution in [1.82, 2.24) is 10.2 Å². The van der Waals surface area contributed by atoms with Crippen molar-refractivity contribution in [3.8, 4) is 5.75 Å². The second-order valence-corrected chi connectivity index (χ2v) is 9.12. The summed E-state index contributed by atoms with van der Waals surface area (Å²) in [6.45, 7) is 0. The molecular weight excluding hydrogens is 468 g/mol. The molecule has 0 atom stereocenters. The minimum atomic E-state index is -4.19. The van der Waals surface area contributed by atoms with Gasteiger partial charge in [0.05, 0.1) is 25.5 Å². The first-order chi connectivity index (χ1) is 14.7. The van der Waals surface area contributed by atoms with E-state index in [1.165, 1.54) is 44.6 Å². The number of aromatic nitrogens is 2. The number of nitrogens with zero attached hydrogens (tertiary/aromatic N) is 2. The molecule has 13 heteroatoms. The average Bonchev–Trinajstić information content (AvgIpc) is 3.22. The highest BCUT2D eigenvalue weighted by Gasteiger charge is 2.23. The summed E-state index contributed by atoms with van der Waals surface area (Å²) in [5.41, 5.74) is 0.438. The maximum atomic E-state index is 12.7. The molecule has 0 saturated heterocycles. The molecule has 0 bridgehead atoms. The molecule has 3 rings (SSSR count). The van der Waals surface area contributed by atoms with Gasteiger partial charge in [0.1, 0.15) is 5.75 Å². The van der Waals surface area contributed by atoms with Gasteiger partial charge < -0.3 is 9.47 Å². The van der Waals surface area contributed by atoms with Crippen molar-refractivity contribution >= 4 is 55.7 Å². The maximum absolute atomic E-state index is 12.7. The lowest BCUT2D eigenvalue weighted by Crippen LogP contribution is -2.14. The van der Waals surface area contributed by atoms with Gasteiger partial charge in [-0.3, -0.25) is 14.8 Å². The molecule has 0 aliphatic rings. The number of benzene rings is 2. The lowest BCUT2D eigenvalue weighted by molar-refractivity contribution is 0.0600. The summed E-state index contributed by atoms with van der Waals surface area (Å²) in [6.07, 6.45) is 0. The van der Waals surface area contributed by atoms with Crippen LogP contribution in [0.15, 0.2) is 46.8 Å². The van der Waals surface area contributed by atoms with E-state index >= 15 is 0 Å². The number of ether oxygens (including phenoxy) is 2. The van der Waals surface area contributed by atoms with Gasteiger partial charge in [-0.15, -0.1) is 10.2 Å². The number of rotatable bonds is 7. The zero-order valence-corrected chi connectivity index (χ0v) is 18.5. The van der Waals surface area contributed by atoms with E-state index in [-0.39, 0.29) is 22.1 Å². The fourth-order valence-electron chi connectivity index (χ4n) is 2.36. The smallest absolute Gasteiger partial charge is 0.337 e. The number of anilines is 2. The summed E-state index contributed by atoms with van der Waals surface area (Å²) >= 11 is 6.44. The van der Waals surface area contributed by atoms with Crippen LogP contribution >= 0.6 is 22.9 Å². The Kier molecular flexibility index (Phi) is 6.73. The van der Waals surface area contributed by atoms with E-state index in [0.717, 1.165) is 0 Å². The van der Waals surface area contributed by atoms with E-state index < -0.39 is 26.2 Å². The number of methoxy groups -OCH3 is 2. The second kappa shape index (κ2) is 9.29. The lowest BCUT2D eigenvalue weighted by atomic mass is 10.2. The third-order valence-electron chi connectivity index (χ3n) is 3.83. The van der Waals surface area contributed by atoms with E-state index in [2.05, 4.69) is 25.0 Å². The predicted molar refractivity (Wildman–Crippen MR) is 114 cm³/mol. The summed E-state index contributed by atoms with van der Waals surface area (Å²) in [6, 6.07) is 10.2. The third kappa shape index (κ3) is 5.29. The molecule has 0 unspecified atom stereocenters. The van der Waals surface area contributed by atoms with E-state index in [4.69, 9.17) is 16.3 Å². The van der Waals surface area contributed by atoms with Gasteiger partial charge in [-0.05, 0) is 42.5 Å². The molecule has 1 amide bonds. The average molecular weight is 483 g/mol. The Morgan fingerprint density at radius 1 is 1.03 bits per heavy atom. The van der Waals surface area contributed by atoms with Crippen molar-refractivity contribution < 1.29 is 27.5 Å². The van der Waals surface area contributed by atoms with Crippen LogP contribution in [-0.2, 0) is 14.8 Å². The Hall–Kier alpha value is -3.22. The second-order valence-electron chi connectivity index (χ2n) is 5.85. The molecule has 2 aromatic carbocycles. The molecule has 1 heterocycles. The maximum Gasteiger partial charge on any atom is 0.337 e. The van der Waals surface area contributed by atoms with Gasteiger partial charge in [0, 0.05) is 10.6 Å². The highest BCUT2D eigenvalue weighted by Crippen LogP contribution is 2.30. The molecule has 3 aromatic rings. The van der Waals surface area contributed by atoms with Crippen LogP contribution in [0.5, 0.6) is 5.75 Å². The molecule has 0 aliphatic carbocycles. The number of sulfonamides is 1. The van der Waals surface area contributed by atoms with Gasteiger partial charge in [0.15, 0.2) is 0 Å². The van der Waals surface area contributed by atoms with Crippen LogP contribution in [0, 0.1) is 0 Å². The Labute approximate surface area is 186 Å². The fourth-order valence-corrected chi connectivity index (χ4v) is 4.44. The zero-order chi connectivity index (χ0) is 22.6. The van der Waals surface area contributed by atoms with Crippen LogP contribution in [0.2, 0.25) is 5.02 Å². The highest BCUT2D eigenvalue weighted by atomic mass is 35.5. The summed E-state index contributed by atoms with van der Waals surface area (Å²) in [4.78, 5) is 24.0. The topological polar surface area (TPSA) is 137 Å². The molecular formula is C18H15ClN4O6S2. The lowest BCUT2D eigenvalue weighted by Gasteiger charge is -2.11. The first-order valence-corrected chi connectivity index (χ1v) is 11.1. The zero-order valence-electron chi connectivity index (χ0n) is 16.1. The summed E-state index contributed by atoms with van der Waals surface area (Å²) in [5.74, 6) is -0.972. The quantitative estimate of drug-likeness (QED) is 0.387. The number of hydrogen-bond donors (Lipinski definition) is 2. The summed E-state index contributed by atoms with van der Waals surface area (Å²) < 4.78 is 37.1. The first-order valence-electron chi connectivity index (χ1n) is 8.43. The van der Waals surface area contributed by atoms with Crippen molar-refractivity contribution in [2.75, 3.05) is 24.3 Å². The number of esters is 1. The number of carbonyl (C=O) groups is 2. The molecule has 2 N–H and O–H groups in total. The Balaban J connectivity index is 1.80. The highest BCUT2D eigenvalue weighted by molar-refractivity contribution is 7.94. The van der Waals surface area contributed by atoms with Crippen LogP contribution in [0.1, 0.15) is 20.7 Å². The van der Waals surface area contributed by atoms with Gasteiger partial charge in [-0.1, -0.05) is 22.9 Å².